The van der Waals surface area contributed by atoms with E-state index in [0.29, 0.717) is 43.1 Å². The van der Waals surface area contributed by atoms with Gasteiger partial charge in [-0.1, -0.05) is 6.07 Å². The number of nitrogens with one attached hydrogen (secondary N) is 5. The minimum atomic E-state index is -1.37. The van der Waals surface area contributed by atoms with Crippen LogP contribution in [0.25, 0.3) is 0 Å². The second-order valence-electron chi connectivity index (χ2n) is 8.02. The number of aromatic nitrogens is 1. The SMILES string of the molecule is CNC(=O)Nc1cccc(NC(=S)NCCOCCOCCO[C@@H]2OC(CO)[C@@H](O)C(O)C2NC(C)=O)n1. The lowest BCUT2D eigenvalue weighted by atomic mass is 9.97. The highest BCUT2D eigenvalue weighted by molar-refractivity contribution is 7.80. The molecular weight excluding hydrogens is 524 g/mol. The molecule has 0 spiro atoms. The van der Waals surface area contributed by atoms with E-state index in [1.165, 1.54) is 14.0 Å². The zero-order chi connectivity index (χ0) is 27.9. The minimum absolute atomic E-state index is 0.0804. The van der Waals surface area contributed by atoms with E-state index >= 15 is 0 Å². The van der Waals surface area contributed by atoms with Gasteiger partial charge in [-0.15, -0.1) is 0 Å². The molecule has 0 bridgehead atoms. The monoisotopic (exact) mass is 560 g/mol. The second kappa shape index (κ2) is 17.0. The van der Waals surface area contributed by atoms with E-state index in [9.17, 15) is 24.9 Å². The number of ether oxygens (including phenoxy) is 4. The van der Waals surface area contributed by atoms with Gasteiger partial charge >= 0.3 is 6.03 Å². The molecule has 3 amide bonds. The minimum Gasteiger partial charge on any atom is -0.394 e. The molecule has 2 heterocycles. The highest BCUT2D eigenvalue weighted by Crippen LogP contribution is 2.22. The lowest BCUT2D eigenvalue weighted by Gasteiger charge is -2.42. The van der Waals surface area contributed by atoms with Crippen LogP contribution in [-0.4, -0.2) is 121 Å². The molecule has 15 nitrogen and oxygen atoms in total. The highest BCUT2D eigenvalue weighted by atomic mass is 32.1. The Balaban J connectivity index is 1.56. The van der Waals surface area contributed by atoms with Crippen LogP contribution in [0.4, 0.5) is 16.4 Å². The molecule has 2 rings (SSSR count). The summed E-state index contributed by atoms with van der Waals surface area (Å²) in [6.45, 7) is 2.43. The lowest BCUT2D eigenvalue weighted by Crippen LogP contribution is -2.64. The number of aliphatic hydroxyl groups is 3. The fraction of sp³-hybridized carbons (Fsp3) is 0.636. The molecule has 5 atom stereocenters. The van der Waals surface area contributed by atoms with Gasteiger partial charge in [0.05, 0.1) is 39.6 Å². The zero-order valence-corrected chi connectivity index (χ0v) is 22.0. The summed E-state index contributed by atoms with van der Waals surface area (Å²) in [7, 11) is 1.51. The average Bonchev–Trinajstić information content (AvgIpc) is 2.88. The summed E-state index contributed by atoms with van der Waals surface area (Å²) >= 11 is 5.22. The Morgan fingerprint density at radius 3 is 2.37 bits per heavy atom. The molecular formula is C22H36N6O9S. The van der Waals surface area contributed by atoms with Crippen molar-refractivity contribution >= 4 is 40.9 Å². The molecule has 1 fully saturated rings. The van der Waals surface area contributed by atoms with Gasteiger partial charge in [-0.25, -0.2) is 9.78 Å². The number of amides is 3. The molecule has 1 aromatic heterocycles. The molecule has 1 aliphatic rings. The smallest absolute Gasteiger partial charge is 0.320 e. The number of anilines is 2. The maximum atomic E-state index is 11.4. The predicted molar refractivity (Wildman–Crippen MR) is 139 cm³/mol. The largest absolute Gasteiger partial charge is 0.394 e. The van der Waals surface area contributed by atoms with E-state index in [1.807, 2.05) is 0 Å². The number of pyridine rings is 1. The number of rotatable bonds is 14. The summed E-state index contributed by atoms with van der Waals surface area (Å²) in [5.74, 6) is 0.407. The number of hydrogen-bond donors (Lipinski definition) is 8. The summed E-state index contributed by atoms with van der Waals surface area (Å²) in [6, 6.07) is 3.70. The molecule has 16 heteroatoms. The number of hydrogen-bond acceptors (Lipinski definition) is 11. The second-order valence-corrected chi connectivity index (χ2v) is 8.43. The van der Waals surface area contributed by atoms with Gasteiger partial charge in [0.1, 0.15) is 36.0 Å². The van der Waals surface area contributed by atoms with Crippen LogP contribution >= 0.6 is 12.2 Å². The number of aliphatic hydroxyl groups excluding tert-OH is 3. The Bertz CT molecular complexity index is 899. The molecule has 0 radical (unpaired) electrons. The topological polar surface area (TPSA) is 205 Å². The molecule has 1 aliphatic heterocycles. The van der Waals surface area contributed by atoms with Crippen LogP contribution < -0.4 is 26.6 Å². The predicted octanol–water partition coefficient (Wildman–Crippen LogP) is -1.89. The van der Waals surface area contributed by atoms with Crippen molar-refractivity contribution in [2.75, 3.05) is 63.9 Å². The van der Waals surface area contributed by atoms with E-state index < -0.39 is 43.2 Å². The molecule has 0 saturated carbocycles. The quantitative estimate of drug-likeness (QED) is 0.0927. The normalized spacial score (nSPS) is 22.8. The molecule has 8 N–H and O–H groups in total. The molecule has 0 aromatic carbocycles. The molecule has 3 unspecified atom stereocenters. The fourth-order valence-electron chi connectivity index (χ4n) is 3.31. The van der Waals surface area contributed by atoms with Crippen LogP contribution in [0.2, 0.25) is 0 Å². The number of nitrogens with zero attached hydrogens (tertiary/aromatic N) is 1. The summed E-state index contributed by atoms with van der Waals surface area (Å²) in [4.78, 5) is 27.0. The zero-order valence-electron chi connectivity index (χ0n) is 21.2. The highest BCUT2D eigenvalue weighted by Gasteiger charge is 2.45. The maximum absolute atomic E-state index is 11.4. The number of urea groups is 1. The van der Waals surface area contributed by atoms with Crippen molar-refractivity contribution in [2.24, 2.45) is 0 Å². The van der Waals surface area contributed by atoms with Gasteiger partial charge < -0.3 is 55.5 Å². The van der Waals surface area contributed by atoms with E-state index in [0.717, 1.165) is 0 Å². The van der Waals surface area contributed by atoms with E-state index in [-0.39, 0.29) is 19.2 Å². The van der Waals surface area contributed by atoms with Gasteiger partial charge in [0.15, 0.2) is 11.4 Å². The van der Waals surface area contributed by atoms with Crippen molar-refractivity contribution in [3.05, 3.63) is 18.2 Å². The average molecular weight is 561 g/mol. The first kappa shape index (κ1) is 31.5. The first-order valence-corrected chi connectivity index (χ1v) is 12.3. The van der Waals surface area contributed by atoms with Crippen LogP contribution in [0.3, 0.4) is 0 Å². The van der Waals surface area contributed by atoms with E-state index in [1.54, 1.807) is 18.2 Å². The summed E-state index contributed by atoms with van der Waals surface area (Å²) < 4.78 is 21.9. The lowest BCUT2D eigenvalue weighted by molar-refractivity contribution is -0.272. The first-order valence-electron chi connectivity index (χ1n) is 11.9. The van der Waals surface area contributed by atoms with Crippen molar-refractivity contribution in [2.45, 2.75) is 37.6 Å². The molecule has 0 aliphatic carbocycles. The number of carbonyl (C=O) groups is 2. The van der Waals surface area contributed by atoms with Crippen LogP contribution in [0, 0.1) is 0 Å². The summed E-state index contributed by atoms with van der Waals surface area (Å²) in [5.41, 5.74) is 0. The Kier molecular flexibility index (Phi) is 14.1. The van der Waals surface area contributed by atoms with Gasteiger partial charge in [0.25, 0.3) is 0 Å². The molecule has 214 valence electrons. The van der Waals surface area contributed by atoms with Gasteiger partial charge in [-0.3, -0.25) is 10.1 Å². The Morgan fingerprint density at radius 1 is 1.05 bits per heavy atom. The summed E-state index contributed by atoms with van der Waals surface area (Å²) in [5, 5.41) is 43.3. The third-order valence-corrected chi connectivity index (χ3v) is 5.37. The third-order valence-electron chi connectivity index (χ3n) is 5.12. The molecule has 1 aromatic rings. The fourth-order valence-corrected chi connectivity index (χ4v) is 3.51. The number of thiocarbonyl (C=S) groups is 1. The van der Waals surface area contributed by atoms with Gasteiger partial charge in [0, 0.05) is 20.5 Å². The van der Waals surface area contributed by atoms with Gasteiger partial charge in [-0.2, -0.15) is 0 Å². The Morgan fingerprint density at radius 2 is 1.71 bits per heavy atom. The summed E-state index contributed by atoms with van der Waals surface area (Å²) in [6.07, 6.45) is -4.85. The maximum Gasteiger partial charge on any atom is 0.320 e. The van der Waals surface area contributed by atoms with Gasteiger partial charge in [0.2, 0.25) is 5.91 Å². The Labute approximate surface area is 225 Å². The first-order chi connectivity index (χ1) is 18.2. The Hall–Kier alpha value is -2.70. The van der Waals surface area contributed by atoms with E-state index in [2.05, 4.69) is 31.6 Å². The van der Waals surface area contributed by atoms with Crippen LogP contribution in [0.1, 0.15) is 6.92 Å². The van der Waals surface area contributed by atoms with Gasteiger partial charge in [-0.05, 0) is 24.4 Å². The van der Waals surface area contributed by atoms with Crippen LogP contribution in [0.5, 0.6) is 0 Å². The van der Waals surface area contributed by atoms with Crippen molar-refractivity contribution in [1.82, 2.24) is 20.9 Å². The van der Waals surface area contributed by atoms with Crippen molar-refractivity contribution < 1.29 is 43.9 Å². The van der Waals surface area contributed by atoms with Crippen molar-refractivity contribution in [3.8, 4) is 0 Å². The van der Waals surface area contributed by atoms with Crippen molar-refractivity contribution in [3.63, 3.8) is 0 Å². The van der Waals surface area contributed by atoms with Crippen LogP contribution in [0.15, 0.2) is 18.2 Å². The molecule has 1 saturated heterocycles. The number of carbonyl (C=O) groups excluding carboxylic acids is 2. The standard InChI is InChI=1S/C22H36N6O9S/c1-13(30)25-17-19(32)18(31)14(12-29)37-20(17)36-11-10-35-9-8-34-7-6-24-22(38)28-16-5-3-4-15(26-16)27-21(33)23-2/h3-5,14,17-20,29,31-32H,6-12H2,1-2H3,(H,25,30)(H4,23,24,26,27,28,33,38)/t14?,17?,18-,19?,20-/m1/s1. The van der Waals surface area contributed by atoms with E-state index in [4.69, 9.17) is 31.2 Å². The molecule has 38 heavy (non-hydrogen) atoms. The van der Waals surface area contributed by atoms with Crippen LogP contribution in [-0.2, 0) is 23.7 Å². The third kappa shape index (κ3) is 11.0. The van der Waals surface area contributed by atoms with Crippen molar-refractivity contribution in [1.29, 1.82) is 0 Å².